The van der Waals surface area contributed by atoms with Crippen LogP contribution in [0.2, 0.25) is 0 Å². The van der Waals surface area contributed by atoms with E-state index in [-0.39, 0.29) is 29.8 Å². The molecule has 1 aromatic heterocycles. The molecule has 1 aromatic carbocycles. The van der Waals surface area contributed by atoms with Crippen molar-refractivity contribution in [3.8, 4) is 0 Å². The van der Waals surface area contributed by atoms with Gasteiger partial charge in [0.2, 0.25) is 5.71 Å². The predicted molar refractivity (Wildman–Crippen MR) is 106 cm³/mol. The van der Waals surface area contributed by atoms with Gasteiger partial charge in [0.1, 0.15) is 17.9 Å². The van der Waals surface area contributed by atoms with Gasteiger partial charge in [-0.1, -0.05) is 35.5 Å². The number of ether oxygens (including phenoxy) is 2. The van der Waals surface area contributed by atoms with Crippen LogP contribution in [-0.4, -0.2) is 35.0 Å². The Morgan fingerprint density at radius 2 is 1.93 bits per heavy atom. The van der Waals surface area contributed by atoms with Crippen molar-refractivity contribution in [3.05, 3.63) is 47.0 Å². The van der Waals surface area contributed by atoms with Crippen LogP contribution in [0.3, 0.4) is 0 Å². The summed E-state index contributed by atoms with van der Waals surface area (Å²) < 4.78 is 10.2. The van der Waals surface area contributed by atoms with Crippen molar-refractivity contribution < 1.29 is 23.9 Å². The van der Waals surface area contributed by atoms with Crippen molar-refractivity contribution in [2.75, 3.05) is 11.9 Å². The lowest BCUT2D eigenvalue weighted by molar-refractivity contribution is -0.135. The molecule has 0 fully saturated rings. The van der Waals surface area contributed by atoms with E-state index in [1.165, 1.54) is 0 Å². The van der Waals surface area contributed by atoms with Crippen molar-refractivity contribution >= 4 is 34.2 Å². The fourth-order valence-electron chi connectivity index (χ4n) is 1.96. The average Bonchev–Trinajstić information content (AvgIpc) is 3.06. The number of aromatic nitrogens is 1. The second-order valence-corrected chi connectivity index (χ2v) is 7.44. The summed E-state index contributed by atoms with van der Waals surface area (Å²) in [6.07, 6.45) is -0.636. The number of anilines is 1. The smallest absolute Gasteiger partial charge is 0.413 e. The molecule has 0 aliphatic carbocycles. The number of amides is 1. The van der Waals surface area contributed by atoms with E-state index in [2.05, 4.69) is 15.5 Å². The first-order valence-electron chi connectivity index (χ1n) is 8.65. The molecule has 0 atom stereocenters. The van der Waals surface area contributed by atoms with Crippen LogP contribution in [0.4, 0.5) is 9.93 Å². The van der Waals surface area contributed by atoms with Gasteiger partial charge in [0.05, 0.1) is 6.61 Å². The second kappa shape index (κ2) is 9.84. The maximum Gasteiger partial charge on any atom is 0.413 e. The third kappa shape index (κ3) is 6.99. The van der Waals surface area contributed by atoms with Crippen molar-refractivity contribution in [2.24, 2.45) is 5.16 Å². The van der Waals surface area contributed by atoms with Gasteiger partial charge in [0.25, 0.3) is 0 Å². The van der Waals surface area contributed by atoms with E-state index >= 15 is 0 Å². The quantitative estimate of drug-likeness (QED) is 0.425. The lowest BCUT2D eigenvalue weighted by Gasteiger charge is -2.18. The molecule has 0 aliphatic rings. The molecule has 0 saturated heterocycles. The largest absolute Gasteiger partial charge is 0.461 e. The first-order chi connectivity index (χ1) is 13.3. The highest BCUT2D eigenvalue weighted by atomic mass is 32.1. The minimum absolute atomic E-state index is 0.0775. The summed E-state index contributed by atoms with van der Waals surface area (Å²) in [5.74, 6) is -0.662. The first-order valence-corrected chi connectivity index (χ1v) is 9.53. The van der Waals surface area contributed by atoms with Gasteiger partial charge in [-0.05, 0) is 33.3 Å². The molecule has 0 unspecified atom stereocenters. The maximum atomic E-state index is 12.2. The highest BCUT2D eigenvalue weighted by Crippen LogP contribution is 2.18. The van der Waals surface area contributed by atoms with Gasteiger partial charge in [-0.3, -0.25) is 5.32 Å². The van der Waals surface area contributed by atoms with Gasteiger partial charge in [0.15, 0.2) is 5.13 Å². The molecule has 0 spiro atoms. The van der Waals surface area contributed by atoms with E-state index in [1.54, 1.807) is 33.1 Å². The molecule has 0 bridgehead atoms. The summed E-state index contributed by atoms with van der Waals surface area (Å²) in [6, 6.07) is 9.41. The Morgan fingerprint density at radius 3 is 2.57 bits per heavy atom. The fourth-order valence-corrected chi connectivity index (χ4v) is 2.65. The van der Waals surface area contributed by atoms with E-state index in [9.17, 15) is 9.59 Å². The number of esters is 1. The van der Waals surface area contributed by atoms with Gasteiger partial charge in [0, 0.05) is 5.38 Å². The minimum atomic E-state index is -0.662. The Kier molecular flexibility index (Phi) is 7.51. The number of hydrogen-bond donors (Lipinski definition) is 1. The summed E-state index contributed by atoms with van der Waals surface area (Å²) in [7, 11) is 0. The number of thiazole rings is 1. The fraction of sp³-hybridized carbons (Fsp3) is 0.368. The summed E-state index contributed by atoms with van der Waals surface area (Å²) in [5.41, 5.74) is 0.432. The molecular weight excluding hydrogens is 382 g/mol. The molecule has 2 aromatic rings. The highest BCUT2D eigenvalue weighted by Gasteiger charge is 2.22. The molecule has 9 heteroatoms. The summed E-state index contributed by atoms with van der Waals surface area (Å²) in [6.45, 7) is 7.35. The van der Waals surface area contributed by atoms with Crippen molar-refractivity contribution in [3.63, 3.8) is 0 Å². The zero-order chi connectivity index (χ0) is 20.6. The first kappa shape index (κ1) is 21.4. The standard InChI is InChI=1S/C19H23N3O5S/c1-5-25-16(23)15(22-26-11-13-9-7-6-8-10-13)14-12-28-17(20-14)21-18(24)27-19(2,3)4/h6-10,12H,5,11H2,1-4H3,(H,20,21,24). The lowest BCUT2D eigenvalue weighted by Crippen LogP contribution is -2.27. The summed E-state index contributed by atoms with van der Waals surface area (Å²) in [4.78, 5) is 33.6. The molecule has 2 rings (SSSR count). The van der Waals surface area contributed by atoms with Gasteiger partial charge in [-0.15, -0.1) is 11.3 Å². The Labute approximate surface area is 167 Å². The third-order valence-corrected chi connectivity index (χ3v) is 3.81. The van der Waals surface area contributed by atoms with Crippen LogP contribution >= 0.6 is 11.3 Å². The molecular formula is C19H23N3O5S. The number of carbonyl (C=O) groups is 2. The molecule has 0 radical (unpaired) electrons. The summed E-state index contributed by atoms with van der Waals surface area (Å²) >= 11 is 1.13. The Bertz CT molecular complexity index is 828. The van der Waals surface area contributed by atoms with Crippen molar-refractivity contribution in [1.29, 1.82) is 0 Å². The van der Waals surface area contributed by atoms with Gasteiger partial charge in [-0.25, -0.2) is 14.6 Å². The van der Waals surface area contributed by atoms with Crippen molar-refractivity contribution in [1.82, 2.24) is 4.98 Å². The zero-order valence-corrected chi connectivity index (χ0v) is 17.0. The Balaban J connectivity index is 2.10. The molecule has 1 N–H and O–H groups in total. The second-order valence-electron chi connectivity index (χ2n) is 6.58. The number of carbonyl (C=O) groups excluding carboxylic acids is 2. The highest BCUT2D eigenvalue weighted by molar-refractivity contribution is 7.14. The van der Waals surface area contributed by atoms with Crippen LogP contribution < -0.4 is 5.32 Å². The predicted octanol–water partition coefficient (Wildman–Crippen LogP) is 3.97. The SMILES string of the molecule is CCOC(=O)C(=NOCc1ccccc1)c1csc(NC(=O)OC(C)(C)C)n1. The van der Waals surface area contributed by atoms with E-state index in [4.69, 9.17) is 14.3 Å². The molecule has 0 aliphatic heterocycles. The number of oxime groups is 1. The van der Waals surface area contributed by atoms with Crippen LogP contribution in [0.25, 0.3) is 0 Å². The van der Waals surface area contributed by atoms with Crippen LogP contribution in [0, 0.1) is 0 Å². The Hall–Kier alpha value is -2.94. The molecule has 1 heterocycles. The number of hydrogen-bond acceptors (Lipinski definition) is 8. The van der Waals surface area contributed by atoms with Gasteiger partial charge >= 0.3 is 12.1 Å². The number of nitrogens with zero attached hydrogens (tertiary/aromatic N) is 2. The zero-order valence-electron chi connectivity index (χ0n) is 16.2. The molecule has 8 nitrogen and oxygen atoms in total. The average molecular weight is 405 g/mol. The monoisotopic (exact) mass is 405 g/mol. The number of nitrogens with one attached hydrogen (secondary N) is 1. The molecule has 150 valence electrons. The minimum Gasteiger partial charge on any atom is -0.461 e. The van der Waals surface area contributed by atoms with E-state index in [0.29, 0.717) is 0 Å². The molecule has 1 amide bonds. The number of benzene rings is 1. The Morgan fingerprint density at radius 1 is 1.21 bits per heavy atom. The van der Waals surface area contributed by atoms with E-state index in [1.807, 2.05) is 30.3 Å². The normalized spacial score (nSPS) is 11.6. The number of rotatable bonds is 7. The van der Waals surface area contributed by atoms with Gasteiger partial charge in [-0.2, -0.15) is 0 Å². The lowest BCUT2D eigenvalue weighted by atomic mass is 10.2. The van der Waals surface area contributed by atoms with Crippen LogP contribution in [0.15, 0.2) is 40.9 Å². The third-order valence-electron chi connectivity index (χ3n) is 3.05. The summed E-state index contributed by atoms with van der Waals surface area (Å²) in [5, 5.41) is 8.27. The van der Waals surface area contributed by atoms with Crippen LogP contribution in [0.1, 0.15) is 39.0 Å². The molecule has 0 saturated carbocycles. The van der Waals surface area contributed by atoms with Gasteiger partial charge < -0.3 is 14.3 Å². The topological polar surface area (TPSA) is 99.1 Å². The molecule has 28 heavy (non-hydrogen) atoms. The van der Waals surface area contributed by atoms with Crippen LogP contribution in [0.5, 0.6) is 0 Å². The van der Waals surface area contributed by atoms with Crippen LogP contribution in [-0.2, 0) is 25.7 Å². The maximum absolute atomic E-state index is 12.2. The van der Waals surface area contributed by atoms with E-state index < -0.39 is 17.7 Å². The van der Waals surface area contributed by atoms with E-state index in [0.717, 1.165) is 16.9 Å². The van der Waals surface area contributed by atoms with Crippen molar-refractivity contribution in [2.45, 2.75) is 39.9 Å².